The second-order valence-electron chi connectivity index (χ2n) is 7.74. The van der Waals surface area contributed by atoms with Gasteiger partial charge in [-0.05, 0) is 17.7 Å². The molecule has 4 rings (SSSR count). The number of hydrogen-bond acceptors (Lipinski definition) is 12. The zero-order valence-electron chi connectivity index (χ0n) is 16.8. The Morgan fingerprint density at radius 1 is 0.879 bits per heavy atom. The lowest BCUT2D eigenvalue weighted by atomic mass is 9.92. The Morgan fingerprint density at radius 3 is 2.27 bits per heavy atom. The molecule has 1 fully saturated rings. The molecule has 12 nitrogen and oxygen atoms in total. The molecule has 0 amide bonds. The molecule has 2 aromatic carbocycles. The lowest BCUT2D eigenvalue weighted by Crippen LogP contribution is -2.60. The Labute approximate surface area is 186 Å². The number of Topliss-reactive ketones (excluding diaryl/α,β-unsaturated/α-hetero) is 1. The summed E-state index contributed by atoms with van der Waals surface area (Å²) in [4.78, 5) is 13.3. The van der Waals surface area contributed by atoms with Gasteiger partial charge in [-0.15, -0.1) is 0 Å². The summed E-state index contributed by atoms with van der Waals surface area (Å²) in [7, 11) is 0. The summed E-state index contributed by atoms with van der Waals surface area (Å²) < 4.78 is 16.7. The van der Waals surface area contributed by atoms with Crippen molar-refractivity contribution in [1.82, 2.24) is 0 Å². The minimum atomic E-state index is -1.82. The molecular weight excluding hydrogens is 444 g/mol. The number of aromatic hydroxyl groups is 4. The molecule has 33 heavy (non-hydrogen) atoms. The third kappa shape index (κ3) is 4.04. The van der Waals surface area contributed by atoms with Gasteiger partial charge in [-0.3, -0.25) is 4.79 Å². The number of ether oxygens (including phenoxy) is 3. The van der Waals surface area contributed by atoms with Crippen LogP contribution in [0.4, 0.5) is 0 Å². The van der Waals surface area contributed by atoms with E-state index in [0.717, 1.165) is 24.3 Å². The maximum absolute atomic E-state index is 13.3. The fourth-order valence-electron chi connectivity index (χ4n) is 3.82. The van der Waals surface area contributed by atoms with Gasteiger partial charge in [0.2, 0.25) is 5.78 Å². The van der Waals surface area contributed by atoms with E-state index >= 15 is 0 Å². The maximum Gasteiger partial charge on any atom is 0.203 e. The van der Waals surface area contributed by atoms with Gasteiger partial charge in [0.15, 0.2) is 30.0 Å². The fourth-order valence-corrected chi connectivity index (χ4v) is 3.82. The molecule has 2 aromatic rings. The molecule has 7 atom stereocenters. The number of aliphatic hydroxyl groups is 4. The Bertz CT molecular complexity index is 1050. The lowest BCUT2D eigenvalue weighted by molar-refractivity contribution is -0.311. The summed E-state index contributed by atoms with van der Waals surface area (Å²) in [6.45, 7) is -0.724. The van der Waals surface area contributed by atoms with Crippen LogP contribution < -0.4 is 4.74 Å². The number of rotatable bonds is 4. The van der Waals surface area contributed by atoms with Gasteiger partial charge in [0.05, 0.1) is 6.61 Å². The Balaban J connectivity index is 1.75. The quantitative estimate of drug-likeness (QED) is 0.256. The first-order valence-corrected chi connectivity index (χ1v) is 9.87. The minimum Gasteiger partial charge on any atom is -0.508 e. The number of hydrogen-bond donors (Lipinski definition) is 8. The molecule has 2 aliphatic heterocycles. The van der Waals surface area contributed by atoms with Crippen LogP contribution in [0.1, 0.15) is 22.0 Å². The largest absolute Gasteiger partial charge is 0.508 e. The van der Waals surface area contributed by atoms with Crippen LogP contribution in [0, 0.1) is 0 Å². The maximum atomic E-state index is 13.3. The van der Waals surface area contributed by atoms with Crippen LogP contribution in [-0.4, -0.2) is 90.1 Å². The number of carbonyl (C=O) groups excluding carboxylic acids is 1. The highest BCUT2D eigenvalue weighted by atomic mass is 16.7. The van der Waals surface area contributed by atoms with E-state index < -0.39 is 72.6 Å². The minimum absolute atomic E-state index is 0.140. The summed E-state index contributed by atoms with van der Waals surface area (Å²) in [5, 5.41) is 79.2. The van der Waals surface area contributed by atoms with Crippen LogP contribution >= 0.6 is 0 Å². The number of phenols is 4. The predicted octanol–water partition coefficient (Wildman–Crippen LogP) is -0.990. The van der Waals surface area contributed by atoms with Crippen molar-refractivity contribution in [3.8, 4) is 28.7 Å². The monoisotopic (exact) mass is 466 g/mol. The first-order chi connectivity index (χ1) is 15.6. The van der Waals surface area contributed by atoms with E-state index in [9.17, 15) is 45.6 Å². The molecule has 12 heteroatoms. The number of benzene rings is 2. The van der Waals surface area contributed by atoms with E-state index in [1.54, 1.807) is 0 Å². The molecule has 8 N–H and O–H groups in total. The van der Waals surface area contributed by atoms with Crippen molar-refractivity contribution < 1.29 is 59.9 Å². The molecule has 178 valence electrons. The van der Waals surface area contributed by atoms with Gasteiger partial charge in [-0.25, -0.2) is 0 Å². The second-order valence-corrected chi connectivity index (χ2v) is 7.74. The highest BCUT2D eigenvalue weighted by molar-refractivity contribution is 6.05. The van der Waals surface area contributed by atoms with Gasteiger partial charge in [-0.2, -0.15) is 0 Å². The van der Waals surface area contributed by atoms with E-state index in [1.165, 1.54) is 6.07 Å². The molecule has 0 aliphatic carbocycles. The average Bonchev–Trinajstić information content (AvgIpc) is 2.76. The van der Waals surface area contributed by atoms with Gasteiger partial charge in [0.1, 0.15) is 47.2 Å². The fraction of sp³-hybridized carbons (Fsp3) is 0.381. The smallest absolute Gasteiger partial charge is 0.203 e. The Hall–Kier alpha value is -3.13. The number of carbonyl (C=O) groups is 1. The topological polar surface area (TPSA) is 207 Å². The molecule has 0 saturated carbocycles. The van der Waals surface area contributed by atoms with Crippen LogP contribution in [0.2, 0.25) is 0 Å². The van der Waals surface area contributed by atoms with Gasteiger partial charge >= 0.3 is 0 Å². The first-order valence-electron chi connectivity index (χ1n) is 9.87. The first kappa shape index (κ1) is 23.0. The van der Waals surface area contributed by atoms with Crippen LogP contribution in [0.25, 0.3) is 0 Å². The Kier molecular flexibility index (Phi) is 6.05. The van der Waals surface area contributed by atoms with Crippen molar-refractivity contribution in [1.29, 1.82) is 0 Å². The second kappa shape index (κ2) is 8.67. The molecule has 0 aromatic heterocycles. The molecule has 1 saturated heterocycles. The van der Waals surface area contributed by atoms with Crippen molar-refractivity contribution in [3.05, 3.63) is 41.5 Å². The van der Waals surface area contributed by atoms with Crippen LogP contribution in [-0.2, 0) is 9.47 Å². The highest BCUT2D eigenvalue weighted by Gasteiger charge is 2.49. The SMILES string of the molecule is O=C1c2c(O)cc(O)cc2O[C@@H](c2ccc(O)c(O)c2)[C@@H]1O[C@@H]1O[C@H](CO)[C@@H](O)[C@H](O)[C@H]1O. The summed E-state index contributed by atoms with van der Waals surface area (Å²) >= 11 is 0. The van der Waals surface area contributed by atoms with Crippen molar-refractivity contribution in [3.63, 3.8) is 0 Å². The molecule has 0 radical (unpaired) electrons. The zero-order valence-corrected chi connectivity index (χ0v) is 16.8. The number of ketones is 1. The molecule has 0 spiro atoms. The average molecular weight is 466 g/mol. The van der Waals surface area contributed by atoms with E-state index in [0.29, 0.717) is 0 Å². The summed E-state index contributed by atoms with van der Waals surface area (Å²) in [5.41, 5.74) is -0.191. The van der Waals surface area contributed by atoms with Crippen LogP contribution in [0.3, 0.4) is 0 Å². The standard InChI is InChI=1S/C21H22O12/c22-6-13-15(27)17(29)18(30)21(32-13)33-20-16(28)14-11(26)4-8(23)5-12(14)31-19(20)7-1-2-9(24)10(25)3-7/h1-5,13,15,17-27,29-30H,6H2/t13-,15-,17+,18-,19+,20-,21+/m1/s1. The summed E-state index contributed by atoms with van der Waals surface area (Å²) in [5.74, 6) is -3.00. The highest BCUT2D eigenvalue weighted by Crippen LogP contribution is 2.44. The van der Waals surface area contributed by atoms with Crippen molar-refractivity contribution in [2.75, 3.05) is 6.61 Å². The summed E-state index contributed by atoms with van der Waals surface area (Å²) in [6.07, 6.45) is -11.2. The van der Waals surface area contributed by atoms with Crippen LogP contribution in [0.15, 0.2) is 30.3 Å². The molecule has 2 aliphatic rings. The lowest BCUT2D eigenvalue weighted by Gasteiger charge is -2.42. The third-order valence-electron chi connectivity index (χ3n) is 5.56. The van der Waals surface area contributed by atoms with Gasteiger partial charge in [-0.1, -0.05) is 6.07 Å². The van der Waals surface area contributed by atoms with E-state index in [4.69, 9.17) is 14.2 Å². The van der Waals surface area contributed by atoms with E-state index in [-0.39, 0.29) is 22.6 Å². The molecule has 2 heterocycles. The number of aliphatic hydroxyl groups excluding tert-OH is 4. The summed E-state index contributed by atoms with van der Waals surface area (Å²) in [6, 6.07) is 5.57. The van der Waals surface area contributed by atoms with Gasteiger partial charge in [0.25, 0.3) is 0 Å². The van der Waals surface area contributed by atoms with Crippen LogP contribution in [0.5, 0.6) is 28.7 Å². The van der Waals surface area contributed by atoms with Gasteiger partial charge in [0, 0.05) is 12.1 Å². The Morgan fingerprint density at radius 2 is 1.61 bits per heavy atom. The molecule has 0 unspecified atom stereocenters. The van der Waals surface area contributed by atoms with Gasteiger partial charge < -0.3 is 55.1 Å². The number of phenolic OH excluding ortho intramolecular Hbond substituents is 4. The van der Waals surface area contributed by atoms with Crippen molar-refractivity contribution >= 4 is 5.78 Å². The predicted molar refractivity (Wildman–Crippen MR) is 106 cm³/mol. The van der Waals surface area contributed by atoms with E-state index in [1.807, 2.05) is 0 Å². The normalized spacial score (nSPS) is 31.6. The van der Waals surface area contributed by atoms with Crippen molar-refractivity contribution in [2.45, 2.75) is 42.9 Å². The number of fused-ring (bicyclic) bond motifs is 1. The molecular formula is C21H22O12. The van der Waals surface area contributed by atoms with E-state index in [2.05, 4.69) is 0 Å². The molecule has 0 bridgehead atoms. The van der Waals surface area contributed by atoms with Crippen molar-refractivity contribution in [2.24, 2.45) is 0 Å². The zero-order chi connectivity index (χ0) is 24.0. The third-order valence-corrected chi connectivity index (χ3v) is 5.56.